The summed E-state index contributed by atoms with van der Waals surface area (Å²) < 4.78 is 0. The summed E-state index contributed by atoms with van der Waals surface area (Å²) in [6, 6.07) is 0. The summed E-state index contributed by atoms with van der Waals surface area (Å²) in [5.74, 6) is 0.837. The molecule has 13 heavy (non-hydrogen) atoms. The van der Waals surface area contributed by atoms with Crippen molar-refractivity contribution in [3.63, 3.8) is 0 Å². The van der Waals surface area contributed by atoms with Crippen LogP contribution in [0, 0.1) is 11.3 Å². The highest BCUT2D eigenvalue weighted by molar-refractivity contribution is 6.25. The third kappa shape index (κ3) is 2.99. The number of rotatable bonds is 2. The molecule has 0 bridgehead atoms. The molecule has 1 unspecified atom stereocenters. The van der Waals surface area contributed by atoms with E-state index in [2.05, 4.69) is 25.7 Å². The zero-order valence-corrected chi connectivity index (χ0v) is 9.64. The molecule has 0 aromatic heterocycles. The van der Waals surface area contributed by atoms with Crippen molar-refractivity contribution < 1.29 is 0 Å². The second-order valence-corrected chi connectivity index (χ2v) is 5.03. The van der Waals surface area contributed by atoms with Gasteiger partial charge in [-0.15, -0.1) is 0 Å². The third-order valence-electron chi connectivity index (χ3n) is 3.30. The molecule has 1 fully saturated rings. The zero-order valence-electron chi connectivity index (χ0n) is 8.89. The Morgan fingerprint density at radius 1 is 1.54 bits per heavy atom. The first kappa shape index (κ1) is 11.1. The first-order chi connectivity index (χ1) is 6.06. The van der Waals surface area contributed by atoms with Gasteiger partial charge in [-0.1, -0.05) is 38.4 Å². The van der Waals surface area contributed by atoms with Gasteiger partial charge >= 0.3 is 0 Å². The fourth-order valence-electron chi connectivity index (χ4n) is 1.92. The normalized spacial score (nSPS) is 29.7. The van der Waals surface area contributed by atoms with Gasteiger partial charge in [0.15, 0.2) is 0 Å². The molecule has 1 nitrogen and oxygen atoms in total. The van der Waals surface area contributed by atoms with Crippen molar-refractivity contribution in [1.82, 2.24) is 4.90 Å². The Kier molecular flexibility index (Phi) is 3.81. The topological polar surface area (TPSA) is 3.24 Å². The lowest BCUT2D eigenvalue weighted by molar-refractivity contribution is 0.0730. The van der Waals surface area contributed by atoms with E-state index in [-0.39, 0.29) is 0 Å². The first-order valence-electron chi connectivity index (χ1n) is 5.04. The highest BCUT2D eigenvalue weighted by Crippen LogP contribution is 2.34. The van der Waals surface area contributed by atoms with Gasteiger partial charge in [0.1, 0.15) is 0 Å². The van der Waals surface area contributed by atoms with Crippen molar-refractivity contribution in [1.29, 1.82) is 0 Å². The summed E-state index contributed by atoms with van der Waals surface area (Å²) in [6.07, 6.45) is 3.33. The second kappa shape index (κ2) is 4.47. The summed E-state index contributed by atoms with van der Waals surface area (Å²) >= 11 is 5.51. The van der Waals surface area contributed by atoms with Gasteiger partial charge in [-0.2, -0.15) is 0 Å². The fraction of sp³-hybridized carbons (Fsp3) is 0.818. The lowest BCUT2D eigenvalue weighted by Crippen LogP contribution is -2.44. The molecule has 2 heteroatoms. The van der Waals surface area contributed by atoms with Crippen LogP contribution in [0.1, 0.15) is 27.2 Å². The van der Waals surface area contributed by atoms with Gasteiger partial charge in [-0.3, -0.25) is 4.90 Å². The molecular weight excluding hydrogens is 182 g/mol. The zero-order chi connectivity index (χ0) is 9.90. The molecular formula is C11H20ClN. The Bertz CT molecular complexity index is 187. The van der Waals surface area contributed by atoms with Crippen LogP contribution in [0.4, 0.5) is 0 Å². The van der Waals surface area contributed by atoms with E-state index in [1.165, 1.54) is 19.5 Å². The Balaban J connectivity index is 2.46. The van der Waals surface area contributed by atoms with Gasteiger partial charge in [0.25, 0.3) is 0 Å². The molecule has 1 heterocycles. The van der Waals surface area contributed by atoms with Gasteiger partial charge in [0, 0.05) is 18.6 Å². The summed E-state index contributed by atoms with van der Waals surface area (Å²) in [5.41, 5.74) is 2.07. The van der Waals surface area contributed by atoms with Crippen LogP contribution in [0.5, 0.6) is 0 Å². The Morgan fingerprint density at radius 2 is 2.23 bits per heavy atom. The van der Waals surface area contributed by atoms with Crippen molar-refractivity contribution in [2.75, 3.05) is 19.6 Å². The van der Waals surface area contributed by atoms with Gasteiger partial charge < -0.3 is 0 Å². The van der Waals surface area contributed by atoms with Crippen LogP contribution in [-0.4, -0.2) is 24.5 Å². The van der Waals surface area contributed by atoms with Crippen LogP contribution in [0.15, 0.2) is 11.6 Å². The van der Waals surface area contributed by atoms with E-state index in [9.17, 15) is 0 Å². The molecule has 1 atom stereocenters. The minimum atomic E-state index is 0.457. The highest BCUT2D eigenvalue weighted by Gasteiger charge is 2.31. The molecule has 0 spiro atoms. The molecule has 1 rings (SSSR count). The Hall–Kier alpha value is -0.0100. The smallest absolute Gasteiger partial charge is 0.0175 e. The maximum Gasteiger partial charge on any atom is 0.0175 e. The lowest BCUT2D eigenvalue weighted by atomic mass is 9.75. The SMILES string of the molecule is CC1CCN(C/C=C/Cl)CC1(C)C. The first-order valence-corrected chi connectivity index (χ1v) is 5.47. The Morgan fingerprint density at radius 3 is 2.77 bits per heavy atom. The van der Waals surface area contributed by atoms with E-state index in [0.717, 1.165) is 12.5 Å². The van der Waals surface area contributed by atoms with E-state index >= 15 is 0 Å². The fourth-order valence-corrected chi connectivity index (χ4v) is 2.00. The van der Waals surface area contributed by atoms with E-state index < -0.39 is 0 Å². The van der Waals surface area contributed by atoms with Crippen molar-refractivity contribution in [3.8, 4) is 0 Å². The quantitative estimate of drug-likeness (QED) is 0.664. The van der Waals surface area contributed by atoms with E-state index in [4.69, 9.17) is 11.6 Å². The lowest BCUT2D eigenvalue weighted by Gasteiger charge is -2.42. The predicted molar refractivity (Wildman–Crippen MR) is 59.0 cm³/mol. The van der Waals surface area contributed by atoms with E-state index in [1.54, 1.807) is 5.54 Å². The summed E-state index contributed by atoms with van der Waals surface area (Å²) in [6.45, 7) is 10.5. The molecule has 0 aromatic rings. The number of hydrogen-bond donors (Lipinski definition) is 0. The molecule has 1 aliphatic heterocycles. The molecule has 0 saturated carbocycles. The number of nitrogens with zero attached hydrogens (tertiary/aromatic N) is 1. The standard InChI is InChI=1S/C11H20ClN/c1-10-5-8-13(7-4-6-12)9-11(10,2)3/h4,6,10H,5,7-9H2,1-3H3/b6-4+. The molecule has 0 aliphatic carbocycles. The van der Waals surface area contributed by atoms with Gasteiger partial charge in [-0.25, -0.2) is 0 Å². The summed E-state index contributed by atoms with van der Waals surface area (Å²) in [7, 11) is 0. The molecule has 1 aliphatic rings. The van der Waals surface area contributed by atoms with Crippen LogP contribution in [0.2, 0.25) is 0 Å². The van der Waals surface area contributed by atoms with E-state index in [0.29, 0.717) is 5.41 Å². The summed E-state index contributed by atoms with van der Waals surface area (Å²) in [5, 5.41) is 0. The van der Waals surface area contributed by atoms with Gasteiger partial charge in [-0.05, 0) is 24.3 Å². The molecule has 76 valence electrons. The minimum absolute atomic E-state index is 0.457. The maximum absolute atomic E-state index is 5.51. The van der Waals surface area contributed by atoms with Gasteiger partial charge in [0.2, 0.25) is 0 Å². The molecule has 0 radical (unpaired) electrons. The van der Waals surface area contributed by atoms with Crippen molar-refractivity contribution in [2.24, 2.45) is 11.3 Å². The number of piperidine rings is 1. The van der Waals surface area contributed by atoms with Crippen molar-refractivity contribution >= 4 is 11.6 Å². The maximum atomic E-state index is 5.51. The molecule has 0 N–H and O–H groups in total. The van der Waals surface area contributed by atoms with Crippen molar-refractivity contribution in [3.05, 3.63) is 11.6 Å². The molecule has 0 amide bonds. The van der Waals surface area contributed by atoms with Crippen LogP contribution in [0.25, 0.3) is 0 Å². The molecule has 0 aromatic carbocycles. The monoisotopic (exact) mass is 201 g/mol. The van der Waals surface area contributed by atoms with E-state index in [1.807, 2.05) is 6.08 Å². The number of likely N-dealkylation sites (tertiary alicyclic amines) is 1. The van der Waals surface area contributed by atoms with Crippen LogP contribution >= 0.6 is 11.6 Å². The Labute approximate surface area is 86.8 Å². The number of hydrogen-bond acceptors (Lipinski definition) is 1. The van der Waals surface area contributed by atoms with Crippen LogP contribution < -0.4 is 0 Å². The van der Waals surface area contributed by atoms with Crippen molar-refractivity contribution in [2.45, 2.75) is 27.2 Å². The number of halogens is 1. The third-order valence-corrected chi connectivity index (χ3v) is 3.47. The van der Waals surface area contributed by atoms with Crippen LogP contribution in [0.3, 0.4) is 0 Å². The average molecular weight is 202 g/mol. The summed E-state index contributed by atoms with van der Waals surface area (Å²) in [4.78, 5) is 2.47. The van der Waals surface area contributed by atoms with Gasteiger partial charge in [0.05, 0.1) is 0 Å². The second-order valence-electron chi connectivity index (χ2n) is 4.78. The minimum Gasteiger partial charge on any atom is -0.299 e. The average Bonchev–Trinajstić information content (AvgIpc) is 2.07. The van der Waals surface area contributed by atoms with Crippen LogP contribution in [-0.2, 0) is 0 Å². The largest absolute Gasteiger partial charge is 0.299 e. The molecule has 1 saturated heterocycles. The highest BCUT2D eigenvalue weighted by atomic mass is 35.5. The predicted octanol–water partition coefficient (Wildman–Crippen LogP) is 3.11.